The minimum Gasteiger partial charge on any atom is -0.490 e. The van der Waals surface area contributed by atoms with Crippen molar-refractivity contribution in [2.45, 2.75) is 39.0 Å². The van der Waals surface area contributed by atoms with Gasteiger partial charge in [-0.25, -0.2) is 12.8 Å². The Morgan fingerprint density at radius 3 is 2.62 bits per heavy atom. The van der Waals surface area contributed by atoms with Gasteiger partial charge in [0.25, 0.3) is 10.0 Å². The van der Waals surface area contributed by atoms with E-state index in [2.05, 4.69) is 4.72 Å². The molecule has 1 N–H and O–H groups in total. The van der Waals surface area contributed by atoms with Crippen LogP contribution in [-0.4, -0.2) is 27.5 Å². The first-order valence-corrected chi connectivity index (χ1v) is 10.9. The summed E-state index contributed by atoms with van der Waals surface area (Å²) in [5.74, 6) is -0.243. The number of nitrogens with one attached hydrogen (secondary N) is 1. The summed E-state index contributed by atoms with van der Waals surface area (Å²) in [6.45, 7) is 7.94. The summed E-state index contributed by atoms with van der Waals surface area (Å²) in [7, 11) is -3.99. The van der Waals surface area contributed by atoms with Gasteiger partial charge >= 0.3 is 0 Å². The van der Waals surface area contributed by atoms with Crippen molar-refractivity contribution in [1.29, 1.82) is 0 Å². The number of ether oxygens (including phenoxy) is 1. The lowest BCUT2D eigenvalue weighted by molar-refractivity contribution is -0.127. The summed E-state index contributed by atoms with van der Waals surface area (Å²) in [6.07, 6.45) is 0.772. The maximum Gasteiger partial charge on any atom is 0.262 e. The smallest absolute Gasteiger partial charge is 0.262 e. The molecule has 8 heteroatoms. The molecule has 0 unspecified atom stereocenters. The Kier molecular flexibility index (Phi) is 5.58. The van der Waals surface area contributed by atoms with Gasteiger partial charge in [0, 0.05) is 12.6 Å². The highest BCUT2D eigenvalue weighted by Crippen LogP contribution is 2.38. The van der Waals surface area contributed by atoms with E-state index in [4.69, 9.17) is 4.74 Å². The molecule has 0 spiro atoms. The van der Waals surface area contributed by atoms with Crippen LogP contribution in [0.4, 0.5) is 15.8 Å². The summed E-state index contributed by atoms with van der Waals surface area (Å²) < 4.78 is 47.4. The predicted octanol–water partition coefficient (Wildman–Crippen LogP) is 4.10. The zero-order chi connectivity index (χ0) is 21.4. The van der Waals surface area contributed by atoms with Crippen LogP contribution in [0.2, 0.25) is 0 Å². The Balaban J connectivity index is 1.98. The fourth-order valence-corrected chi connectivity index (χ4v) is 4.54. The minimum atomic E-state index is -3.99. The van der Waals surface area contributed by atoms with Gasteiger partial charge in [-0.15, -0.1) is 0 Å². The van der Waals surface area contributed by atoms with Gasteiger partial charge in [-0.05, 0) is 57.0 Å². The molecule has 2 aromatic rings. The van der Waals surface area contributed by atoms with Crippen LogP contribution < -0.4 is 14.4 Å². The van der Waals surface area contributed by atoms with E-state index < -0.39 is 21.3 Å². The molecule has 0 saturated heterocycles. The lowest BCUT2D eigenvalue weighted by atomic mass is 9.93. The van der Waals surface area contributed by atoms with Crippen LogP contribution in [0.3, 0.4) is 0 Å². The van der Waals surface area contributed by atoms with Gasteiger partial charge in [0.05, 0.1) is 21.7 Å². The Hall–Kier alpha value is -2.61. The third kappa shape index (κ3) is 4.22. The highest BCUT2D eigenvalue weighted by molar-refractivity contribution is 7.92. The minimum absolute atomic E-state index is 0.0400. The zero-order valence-electron chi connectivity index (χ0n) is 17.0. The van der Waals surface area contributed by atoms with Crippen molar-refractivity contribution in [2.75, 3.05) is 22.8 Å². The highest BCUT2D eigenvalue weighted by Gasteiger charge is 2.37. The molecule has 0 radical (unpaired) electrons. The van der Waals surface area contributed by atoms with Gasteiger partial charge in [0.15, 0.2) is 0 Å². The predicted molar refractivity (Wildman–Crippen MR) is 110 cm³/mol. The van der Waals surface area contributed by atoms with E-state index in [9.17, 15) is 17.6 Å². The maximum absolute atomic E-state index is 13.6. The van der Waals surface area contributed by atoms with Crippen LogP contribution in [0.5, 0.6) is 5.75 Å². The first kappa shape index (κ1) is 21.1. The highest BCUT2D eigenvalue weighted by atomic mass is 32.2. The second kappa shape index (κ2) is 7.67. The monoisotopic (exact) mass is 420 g/mol. The second-order valence-corrected chi connectivity index (χ2v) is 9.48. The Bertz CT molecular complexity index is 1050. The molecule has 0 bridgehead atoms. The zero-order valence-corrected chi connectivity index (χ0v) is 17.8. The first-order valence-electron chi connectivity index (χ1n) is 9.43. The third-order valence-corrected chi connectivity index (χ3v) is 6.33. The molecular weight excluding hydrogens is 395 g/mol. The van der Waals surface area contributed by atoms with E-state index in [0.29, 0.717) is 23.5 Å². The number of amides is 1. The van der Waals surface area contributed by atoms with Crippen molar-refractivity contribution in [3.8, 4) is 5.75 Å². The number of sulfonamides is 1. The van der Waals surface area contributed by atoms with Crippen molar-refractivity contribution in [1.82, 2.24) is 0 Å². The number of hydrogen-bond acceptors (Lipinski definition) is 4. The van der Waals surface area contributed by atoms with Crippen LogP contribution >= 0.6 is 0 Å². The summed E-state index contributed by atoms with van der Waals surface area (Å²) in [5, 5.41) is 0. The Morgan fingerprint density at radius 1 is 1.21 bits per heavy atom. The molecule has 156 valence electrons. The van der Waals surface area contributed by atoms with Crippen LogP contribution in [0, 0.1) is 18.2 Å². The standard InChI is InChI=1S/C21H25FN2O4S/c1-5-10-24-17-9-8-16(12-18(17)28-13-21(3,4)20(24)25)23-29(26,27)19-11-15(22)7-6-14(19)2/h6-9,11-12,23H,5,10,13H2,1-4H3. The lowest BCUT2D eigenvalue weighted by Gasteiger charge is -2.27. The molecule has 29 heavy (non-hydrogen) atoms. The number of rotatable bonds is 5. The van der Waals surface area contributed by atoms with Crippen molar-refractivity contribution >= 4 is 27.3 Å². The quantitative estimate of drug-likeness (QED) is 0.790. The van der Waals surface area contributed by atoms with Gasteiger partial charge in [-0.1, -0.05) is 13.0 Å². The van der Waals surface area contributed by atoms with E-state index in [1.54, 1.807) is 30.0 Å². The van der Waals surface area contributed by atoms with E-state index in [0.717, 1.165) is 12.5 Å². The molecular formula is C21H25FN2O4S. The summed E-state index contributed by atoms with van der Waals surface area (Å²) >= 11 is 0. The summed E-state index contributed by atoms with van der Waals surface area (Å²) in [6, 6.07) is 8.41. The number of fused-ring (bicyclic) bond motifs is 1. The van der Waals surface area contributed by atoms with Gasteiger partial charge in [-0.2, -0.15) is 0 Å². The number of carbonyl (C=O) groups excluding carboxylic acids is 1. The largest absolute Gasteiger partial charge is 0.490 e. The Morgan fingerprint density at radius 2 is 1.93 bits per heavy atom. The second-order valence-electron chi connectivity index (χ2n) is 7.83. The normalized spacial score (nSPS) is 16.0. The van der Waals surface area contributed by atoms with Crippen molar-refractivity contribution in [3.05, 3.63) is 47.8 Å². The molecule has 1 aliphatic heterocycles. The van der Waals surface area contributed by atoms with Gasteiger partial charge in [0.1, 0.15) is 18.2 Å². The topological polar surface area (TPSA) is 75.7 Å². The van der Waals surface area contributed by atoms with E-state index in [1.807, 2.05) is 20.8 Å². The van der Waals surface area contributed by atoms with E-state index in [1.165, 1.54) is 12.1 Å². The lowest BCUT2D eigenvalue weighted by Crippen LogP contribution is -2.42. The van der Waals surface area contributed by atoms with Crippen LogP contribution in [0.25, 0.3) is 0 Å². The third-order valence-electron chi connectivity index (χ3n) is 4.80. The molecule has 0 atom stereocenters. The first-order chi connectivity index (χ1) is 13.5. The molecule has 0 aliphatic carbocycles. The number of benzene rings is 2. The van der Waals surface area contributed by atoms with Crippen molar-refractivity contribution in [3.63, 3.8) is 0 Å². The fraction of sp³-hybridized carbons (Fsp3) is 0.381. The average Bonchev–Trinajstić information content (AvgIpc) is 2.74. The summed E-state index contributed by atoms with van der Waals surface area (Å²) in [5.41, 5.74) is 0.613. The van der Waals surface area contributed by atoms with E-state index >= 15 is 0 Å². The van der Waals surface area contributed by atoms with Crippen LogP contribution in [-0.2, 0) is 14.8 Å². The molecule has 6 nitrogen and oxygen atoms in total. The molecule has 2 aromatic carbocycles. The average molecular weight is 421 g/mol. The van der Waals surface area contributed by atoms with Gasteiger partial charge in [-0.3, -0.25) is 9.52 Å². The number of aryl methyl sites for hydroxylation is 1. The number of nitrogens with zero attached hydrogens (tertiary/aromatic N) is 1. The number of anilines is 2. The molecule has 1 aliphatic rings. The van der Waals surface area contributed by atoms with Crippen LogP contribution in [0.1, 0.15) is 32.8 Å². The molecule has 1 heterocycles. The van der Waals surface area contributed by atoms with Gasteiger partial charge in [0.2, 0.25) is 5.91 Å². The maximum atomic E-state index is 13.6. The molecule has 1 amide bonds. The fourth-order valence-electron chi connectivity index (χ4n) is 3.23. The Labute approximate surface area is 170 Å². The number of carbonyl (C=O) groups is 1. The molecule has 0 fully saturated rings. The molecule has 0 aromatic heterocycles. The number of hydrogen-bond donors (Lipinski definition) is 1. The van der Waals surface area contributed by atoms with Crippen molar-refractivity contribution < 1.29 is 22.3 Å². The summed E-state index contributed by atoms with van der Waals surface area (Å²) in [4.78, 5) is 14.4. The molecule has 0 saturated carbocycles. The SMILES string of the molecule is CCCN1C(=O)C(C)(C)COc2cc(NS(=O)(=O)c3cc(F)ccc3C)ccc21. The van der Waals surface area contributed by atoms with Crippen LogP contribution in [0.15, 0.2) is 41.3 Å². The van der Waals surface area contributed by atoms with Crippen molar-refractivity contribution in [2.24, 2.45) is 5.41 Å². The van der Waals surface area contributed by atoms with E-state index in [-0.39, 0.29) is 23.1 Å². The van der Waals surface area contributed by atoms with Gasteiger partial charge < -0.3 is 9.64 Å². The number of halogens is 1. The molecule has 3 rings (SSSR count).